The van der Waals surface area contributed by atoms with E-state index in [1.807, 2.05) is 32.0 Å². The molecule has 86 valence electrons. The lowest BCUT2D eigenvalue weighted by atomic mass is 10.1. The van der Waals surface area contributed by atoms with Crippen LogP contribution < -0.4 is 10.5 Å². The summed E-state index contributed by atoms with van der Waals surface area (Å²) in [6.45, 7) is 5.03. The number of hydrogen-bond donors (Lipinski definition) is 1. The standard InChI is InChI=1S/C12H16N2O2/c1-8-4-3-5-9(2)11(8)16-12(15)14-6-10(13)7-14/h3-5,10H,6-7,13H2,1-2H3. The molecule has 1 saturated heterocycles. The van der Waals surface area contributed by atoms with Gasteiger partial charge >= 0.3 is 6.09 Å². The quantitative estimate of drug-likeness (QED) is 0.779. The molecule has 1 aliphatic heterocycles. The average molecular weight is 220 g/mol. The highest BCUT2D eigenvalue weighted by molar-refractivity contribution is 5.72. The number of likely N-dealkylation sites (tertiary alicyclic amines) is 1. The first-order valence-electron chi connectivity index (χ1n) is 5.36. The second-order valence-electron chi connectivity index (χ2n) is 4.25. The van der Waals surface area contributed by atoms with Gasteiger partial charge in [0.1, 0.15) is 5.75 Å². The molecule has 0 radical (unpaired) electrons. The average Bonchev–Trinajstić information content (AvgIpc) is 2.19. The summed E-state index contributed by atoms with van der Waals surface area (Å²) >= 11 is 0. The monoisotopic (exact) mass is 220 g/mol. The fourth-order valence-corrected chi connectivity index (χ4v) is 1.77. The normalized spacial score (nSPS) is 15.8. The van der Waals surface area contributed by atoms with Gasteiger partial charge in [0.15, 0.2) is 0 Å². The lowest BCUT2D eigenvalue weighted by molar-refractivity contribution is 0.112. The Labute approximate surface area is 95.0 Å². The van der Waals surface area contributed by atoms with Gasteiger partial charge in [0.2, 0.25) is 0 Å². The van der Waals surface area contributed by atoms with E-state index in [2.05, 4.69) is 0 Å². The zero-order chi connectivity index (χ0) is 11.7. The van der Waals surface area contributed by atoms with E-state index in [0.717, 1.165) is 11.1 Å². The fourth-order valence-electron chi connectivity index (χ4n) is 1.77. The van der Waals surface area contributed by atoms with Crippen LogP contribution >= 0.6 is 0 Å². The van der Waals surface area contributed by atoms with Crippen LogP contribution in [-0.2, 0) is 0 Å². The van der Waals surface area contributed by atoms with E-state index in [4.69, 9.17) is 10.5 Å². The minimum atomic E-state index is -0.306. The molecule has 1 aromatic carbocycles. The van der Waals surface area contributed by atoms with Crippen molar-refractivity contribution < 1.29 is 9.53 Å². The minimum absolute atomic E-state index is 0.102. The van der Waals surface area contributed by atoms with Crippen molar-refractivity contribution in [1.29, 1.82) is 0 Å². The van der Waals surface area contributed by atoms with Gasteiger partial charge < -0.3 is 15.4 Å². The molecule has 1 aromatic rings. The summed E-state index contributed by atoms with van der Waals surface area (Å²) in [5, 5.41) is 0. The van der Waals surface area contributed by atoms with Crippen molar-refractivity contribution in [1.82, 2.24) is 4.90 Å². The Morgan fingerprint density at radius 1 is 1.38 bits per heavy atom. The van der Waals surface area contributed by atoms with E-state index in [1.54, 1.807) is 4.90 Å². The van der Waals surface area contributed by atoms with Gasteiger partial charge in [-0.3, -0.25) is 0 Å². The number of rotatable bonds is 1. The van der Waals surface area contributed by atoms with E-state index in [9.17, 15) is 4.79 Å². The molecule has 1 aliphatic rings. The molecule has 0 aliphatic carbocycles. The van der Waals surface area contributed by atoms with E-state index < -0.39 is 0 Å². The third-order valence-corrected chi connectivity index (χ3v) is 2.77. The van der Waals surface area contributed by atoms with E-state index >= 15 is 0 Å². The summed E-state index contributed by atoms with van der Waals surface area (Å²) in [5.41, 5.74) is 7.55. The van der Waals surface area contributed by atoms with Crippen molar-refractivity contribution in [3.8, 4) is 5.75 Å². The van der Waals surface area contributed by atoms with Crippen LogP contribution in [0.25, 0.3) is 0 Å². The number of para-hydroxylation sites is 1. The lowest BCUT2D eigenvalue weighted by Gasteiger charge is -2.35. The molecule has 0 spiro atoms. The third kappa shape index (κ3) is 2.02. The summed E-state index contributed by atoms with van der Waals surface area (Å²) in [5.74, 6) is 0.660. The third-order valence-electron chi connectivity index (χ3n) is 2.77. The Bertz CT molecular complexity index is 391. The minimum Gasteiger partial charge on any atom is -0.410 e. The first kappa shape index (κ1) is 11.0. The molecule has 1 heterocycles. The maximum absolute atomic E-state index is 11.7. The summed E-state index contributed by atoms with van der Waals surface area (Å²) in [6, 6.07) is 5.90. The van der Waals surface area contributed by atoms with Gasteiger partial charge in [-0.2, -0.15) is 0 Å². The highest BCUT2D eigenvalue weighted by atomic mass is 16.6. The van der Waals surface area contributed by atoms with Crippen molar-refractivity contribution in [3.05, 3.63) is 29.3 Å². The van der Waals surface area contributed by atoms with Gasteiger partial charge in [-0.15, -0.1) is 0 Å². The van der Waals surface area contributed by atoms with E-state index in [0.29, 0.717) is 18.8 Å². The molecule has 0 aromatic heterocycles. The smallest absolute Gasteiger partial charge is 0.410 e. The van der Waals surface area contributed by atoms with Gasteiger partial charge in [-0.25, -0.2) is 4.79 Å². The number of benzene rings is 1. The van der Waals surface area contributed by atoms with Crippen molar-refractivity contribution in [2.45, 2.75) is 19.9 Å². The molecule has 0 saturated carbocycles. The first-order chi connectivity index (χ1) is 7.58. The molecular formula is C12H16N2O2. The molecule has 4 nitrogen and oxygen atoms in total. The second-order valence-corrected chi connectivity index (χ2v) is 4.25. The van der Waals surface area contributed by atoms with Crippen molar-refractivity contribution >= 4 is 6.09 Å². The molecule has 1 amide bonds. The number of aryl methyl sites for hydroxylation is 2. The Morgan fingerprint density at radius 3 is 2.44 bits per heavy atom. The SMILES string of the molecule is Cc1cccc(C)c1OC(=O)N1CC(N)C1. The van der Waals surface area contributed by atoms with Gasteiger partial charge in [-0.1, -0.05) is 18.2 Å². The first-order valence-corrected chi connectivity index (χ1v) is 5.36. The lowest BCUT2D eigenvalue weighted by Crippen LogP contribution is -2.58. The molecule has 0 unspecified atom stereocenters. The predicted molar refractivity (Wildman–Crippen MR) is 61.5 cm³/mol. The largest absolute Gasteiger partial charge is 0.415 e. The van der Waals surface area contributed by atoms with Crippen molar-refractivity contribution in [2.75, 3.05) is 13.1 Å². The molecule has 0 atom stereocenters. The van der Waals surface area contributed by atoms with Gasteiger partial charge in [0, 0.05) is 19.1 Å². The van der Waals surface area contributed by atoms with E-state index in [-0.39, 0.29) is 12.1 Å². The number of nitrogens with zero attached hydrogens (tertiary/aromatic N) is 1. The number of nitrogens with two attached hydrogens (primary N) is 1. The van der Waals surface area contributed by atoms with Crippen LogP contribution in [0.4, 0.5) is 4.79 Å². The summed E-state index contributed by atoms with van der Waals surface area (Å²) in [6.07, 6.45) is -0.306. The van der Waals surface area contributed by atoms with Crippen LogP contribution in [0.5, 0.6) is 5.75 Å². The van der Waals surface area contributed by atoms with Crippen molar-refractivity contribution in [3.63, 3.8) is 0 Å². The topological polar surface area (TPSA) is 55.6 Å². The zero-order valence-electron chi connectivity index (χ0n) is 9.56. The second kappa shape index (κ2) is 4.14. The van der Waals surface area contributed by atoms with Crippen LogP contribution in [0.15, 0.2) is 18.2 Å². The molecule has 2 rings (SSSR count). The fraction of sp³-hybridized carbons (Fsp3) is 0.417. The van der Waals surface area contributed by atoms with Crippen molar-refractivity contribution in [2.24, 2.45) is 5.73 Å². The summed E-state index contributed by atoms with van der Waals surface area (Å²) in [4.78, 5) is 13.3. The number of amides is 1. The summed E-state index contributed by atoms with van der Waals surface area (Å²) in [7, 11) is 0. The highest BCUT2D eigenvalue weighted by Gasteiger charge is 2.29. The highest BCUT2D eigenvalue weighted by Crippen LogP contribution is 2.23. The Kier molecular flexibility index (Phi) is 2.83. The Balaban J connectivity index is 2.06. The van der Waals surface area contributed by atoms with Crippen LogP contribution in [0, 0.1) is 13.8 Å². The van der Waals surface area contributed by atoms with Crippen LogP contribution in [0.1, 0.15) is 11.1 Å². The molecule has 0 bridgehead atoms. The Hall–Kier alpha value is -1.55. The van der Waals surface area contributed by atoms with Gasteiger partial charge in [-0.05, 0) is 25.0 Å². The number of carbonyl (C=O) groups is 1. The molecular weight excluding hydrogens is 204 g/mol. The summed E-state index contributed by atoms with van der Waals surface area (Å²) < 4.78 is 5.36. The molecule has 1 fully saturated rings. The molecule has 16 heavy (non-hydrogen) atoms. The predicted octanol–water partition coefficient (Wildman–Crippen LogP) is 1.45. The number of carbonyl (C=O) groups excluding carboxylic acids is 1. The molecule has 2 N–H and O–H groups in total. The van der Waals surface area contributed by atoms with Gasteiger partial charge in [0.25, 0.3) is 0 Å². The maximum atomic E-state index is 11.7. The van der Waals surface area contributed by atoms with Crippen LogP contribution in [0.3, 0.4) is 0 Å². The zero-order valence-corrected chi connectivity index (χ0v) is 9.56. The molecule has 4 heteroatoms. The number of ether oxygens (including phenoxy) is 1. The number of hydrogen-bond acceptors (Lipinski definition) is 3. The van der Waals surface area contributed by atoms with Crippen LogP contribution in [0.2, 0.25) is 0 Å². The maximum Gasteiger partial charge on any atom is 0.415 e. The Morgan fingerprint density at radius 2 is 1.94 bits per heavy atom. The van der Waals surface area contributed by atoms with Gasteiger partial charge in [0.05, 0.1) is 0 Å². The van der Waals surface area contributed by atoms with E-state index in [1.165, 1.54) is 0 Å². The van der Waals surface area contributed by atoms with Crippen LogP contribution in [-0.4, -0.2) is 30.1 Å².